The van der Waals surface area contributed by atoms with Gasteiger partial charge in [-0.1, -0.05) is 6.92 Å². The van der Waals surface area contributed by atoms with Crippen molar-refractivity contribution in [1.29, 1.82) is 0 Å². The molecule has 0 spiro atoms. The molecule has 2 rings (SSSR count). The Morgan fingerprint density at radius 3 is 2.89 bits per heavy atom. The molecule has 2 aromatic heterocycles. The molecule has 0 saturated heterocycles. The molecule has 5 nitrogen and oxygen atoms in total. The van der Waals surface area contributed by atoms with Gasteiger partial charge in [0.05, 0.1) is 19.4 Å². The van der Waals surface area contributed by atoms with Gasteiger partial charge < -0.3 is 19.3 Å². The van der Waals surface area contributed by atoms with Crippen molar-refractivity contribution in [3.63, 3.8) is 0 Å². The molecule has 0 fully saturated rings. The van der Waals surface area contributed by atoms with Gasteiger partial charge in [0.15, 0.2) is 0 Å². The Balaban J connectivity index is 2.26. The quantitative estimate of drug-likeness (QED) is 0.841. The zero-order chi connectivity index (χ0) is 13.1. The lowest BCUT2D eigenvalue weighted by atomic mass is 10.1. The normalized spacial score (nSPS) is 12.4. The highest BCUT2D eigenvalue weighted by Gasteiger charge is 2.20. The van der Waals surface area contributed by atoms with Crippen LogP contribution < -0.4 is 5.73 Å². The van der Waals surface area contributed by atoms with Gasteiger partial charge in [-0.15, -0.1) is 0 Å². The van der Waals surface area contributed by atoms with Crippen molar-refractivity contribution in [3.8, 4) is 0 Å². The second-order valence-electron chi connectivity index (χ2n) is 3.82. The Kier molecular flexibility index (Phi) is 3.53. The smallest absolute Gasteiger partial charge is 0.373 e. The number of nitrogens with two attached hydrogens (primary N) is 1. The fourth-order valence-electron chi connectivity index (χ4n) is 1.80. The maximum atomic E-state index is 11.3. The summed E-state index contributed by atoms with van der Waals surface area (Å²) in [6, 6.07) is 4.58. The highest BCUT2D eigenvalue weighted by atomic mass is 16.5. The molecule has 5 heteroatoms. The van der Waals surface area contributed by atoms with E-state index in [1.807, 2.05) is 13.0 Å². The van der Waals surface area contributed by atoms with E-state index in [2.05, 4.69) is 4.74 Å². The van der Waals surface area contributed by atoms with Crippen molar-refractivity contribution >= 4 is 5.97 Å². The van der Waals surface area contributed by atoms with E-state index in [-0.39, 0.29) is 5.76 Å². The Labute approximate surface area is 105 Å². The number of ether oxygens (including phenoxy) is 1. The van der Waals surface area contributed by atoms with E-state index in [0.29, 0.717) is 5.76 Å². The molecular weight excluding hydrogens is 234 g/mol. The number of carbonyl (C=O) groups is 1. The lowest BCUT2D eigenvalue weighted by Gasteiger charge is -2.08. The van der Waals surface area contributed by atoms with E-state index >= 15 is 0 Å². The first kappa shape index (κ1) is 12.4. The average Bonchev–Trinajstić information content (AvgIpc) is 3.05. The van der Waals surface area contributed by atoms with Crippen molar-refractivity contribution in [1.82, 2.24) is 0 Å². The number of furan rings is 2. The standard InChI is InChI=1S/C13H15NO4/c1-3-9-8(6-7-17-9)12(14)10-4-5-11(18-10)13(15)16-2/h4-7,12H,3,14H2,1-2H3. The SMILES string of the molecule is CCc1occc1C(N)c1ccc(C(=O)OC)o1. The predicted molar refractivity (Wildman–Crippen MR) is 64.2 cm³/mol. The summed E-state index contributed by atoms with van der Waals surface area (Å²) in [5, 5.41) is 0. The first-order chi connectivity index (χ1) is 8.67. The third-order valence-electron chi connectivity index (χ3n) is 2.76. The summed E-state index contributed by atoms with van der Waals surface area (Å²) in [7, 11) is 1.30. The van der Waals surface area contributed by atoms with Crippen LogP contribution in [0.1, 0.15) is 40.6 Å². The Hall–Kier alpha value is -2.01. The van der Waals surface area contributed by atoms with Crippen LogP contribution in [0.15, 0.2) is 33.3 Å². The lowest BCUT2D eigenvalue weighted by Crippen LogP contribution is -2.12. The number of carbonyl (C=O) groups excluding carboxylic acids is 1. The first-order valence-corrected chi connectivity index (χ1v) is 5.67. The van der Waals surface area contributed by atoms with E-state index in [1.165, 1.54) is 7.11 Å². The molecule has 0 aromatic carbocycles. The minimum atomic E-state index is -0.517. The lowest BCUT2D eigenvalue weighted by molar-refractivity contribution is 0.0562. The minimum absolute atomic E-state index is 0.143. The number of hydrogen-bond donors (Lipinski definition) is 1. The van der Waals surface area contributed by atoms with Gasteiger partial charge in [-0.3, -0.25) is 0 Å². The number of methoxy groups -OCH3 is 1. The fraction of sp³-hybridized carbons (Fsp3) is 0.308. The maximum absolute atomic E-state index is 11.3. The molecule has 0 saturated carbocycles. The van der Waals surface area contributed by atoms with Crippen LogP contribution in [-0.4, -0.2) is 13.1 Å². The molecule has 0 bridgehead atoms. The van der Waals surface area contributed by atoms with Gasteiger partial charge in [0.2, 0.25) is 5.76 Å². The van der Waals surface area contributed by atoms with Crippen LogP contribution >= 0.6 is 0 Å². The number of aryl methyl sites for hydroxylation is 1. The van der Waals surface area contributed by atoms with Gasteiger partial charge >= 0.3 is 5.97 Å². The topological polar surface area (TPSA) is 78.6 Å². The summed E-state index contributed by atoms with van der Waals surface area (Å²) in [4.78, 5) is 11.3. The molecule has 2 heterocycles. The van der Waals surface area contributed by atoms with Crippen LogP contribution in [0, 0.1) is 0 Å². The Bertz CT molecular complexity index is 541. The largest absolute Gasteiger partial charge is 0.469 e. The molecule has 0 aliphatic carbocycles. The summed E-state index contributed by atoms with van der Waals surface area (Å²) >= 11 is 0. The molecule has 1 unspecified atom stereocenters. The first-order valence-electron chi connectivity index (χ1n) is 5.67. The van der Waals surface area contributed by atoms with E-state index in [1.54, 1.807) is 18.4 Å². The molecule has 2 aromatic rings. The molecule has 18 heavy (non-hydrogen) atoms. The summed E-state index contributed by atoms with van der Waals surface area (Å²) in [5.74, 6) is 0.950. The van der Waals surface area contributed by atoms with Crippen LogP contribution in [0.5, 0.6) is 0 Å². The monoisotopic (exact) mass is 249 g/mol. The third-order valence-corrected chi connectivity index (χ3v) is 2.76. The van der Waals surface area contributed by atoms with Crippen molar-refractivity contribution in [2.45, 2.75) is 19.4 Å². The molecule has 0 aliphatic heterocycles. The molecule has 0 radical (unpaired) electrons. The van der Waals surface area contributed by atoms with Crippen LogP contribution in [-0.2, 0) is 11.2 Å². The average molecular weight is 249 g/mol. The van der Waals surface area contributed by atoms with Gasteiger partial charge in [-0.2, -0.15) is 0 Å². The van der Waals surface area contributed by atoms with Gasteiger partial charge in [-0.25, -0.2) is 4.79 Å². The predicted octanol–water partition coefficient (Wildman–Crippen LogP) is 2.27. The molecule has 2 N–H and O–H groups in total. The molecule has 0 amide bonds. The zero-order valence-corrected chi connectivity index (χ0v) is 10.3. The maximum Gasteiger partial charge on any atom is 0.373 e. The zero-order valence-electron chi connectivity index (χ0n) is 10.3. The van der Waals surface area contributed by atoms with Crippen LogP contribution in [0.2, 0.25) is 0 Å². The second kappa shape index (κ2) is 5.10. The Morgan fingerprint density at radius 1 is 1.44 bits per heavy atom. The second-order valence-corrected chi connectivity index (χ2v) is 3.82. The van der Waals surface area contributed by atoms with Gasteiger partial charge in [0.1, 0.15) is 11.5 Å². The number of esters is 1. The molecule has 0 aliphatic rings. The molecule has 1 atom stereocenters. The molecular formula is C13H15NO4. The molecule has 96 valence electrons. The fourth-order valence-corrected chi connectivity index (χ4v) is 1.80. The summed E-state index contributed by atoms with van der Waals surface area (Å²) < 4.78 is 15.3. The minimum Gasteiger partial charge on any atom is -0.469 e. The van der Waals surface area contributed by atoms with Crippen molar-refractivity contribution in [2.24, 2.45) is 5.73 Å². The van der Waals surface area contributed by atoms with Crippen molar-refractivity contribution < 1.29 is 18.4 Å². The highest BCUT2D eigenvalue weighted by Crippen LogP contribution is 2.26. The number of rotatable bonds is 4. The van der Waals surface area contributed by atoms with Crippen molar-refractivity contribution in [3.05, 3.63) is 47.3 Å². The van der Waals surface area contributed by atoms with Gasteiger partial charge in [0, 0.05) is 12.0 Å². The van der Waals surface area contributed by atoms with Crippen LogP contribution in [0.4, 0.5) is 0 Å². The van der Waals surface area contributed by atoms with Crippen LogP contribution in [0.3, 0.4) is 0 Å². The van der Waals surface area contributed by atoms with E-state index in [9.17, 15) is 4.79 Å². The number of hydrogen-bond acceptors (Lipinski definition) is 5. The van der Waals surface area contributed by atoms with E-state index < -0.39 is 12.0 Å². The van der Waals surface area contributed by atoms with Crippen molar-refractivity contribution in [2.75, 3.05) is 7.11 Å². The van der Waals surface area contributed by atoms with E-state index in [4.69, 9.17) is 14.6 Å². The highest BCUT2D eigenvalue weighted by molar-refractivity contribution is 5.86. The van der Waals surface area contributed by atoms with Gasteiger partial charge in [0.25, 0.3) is 0 Å². The van der Waals surface area contributed by atoms with Crippen LogP contribution in [0.25, 0.3) is 0 Å². The summed E-state index contributed by atoms with van der Waals surface area (Å²) in [6.07, 6.45) is 2.35. The summed E-state index contributed by atoms with van der Waals surface area (Å²) in [5.41, 5.74) is 6.95. The summed E-state index contributed by atoms with van der Waals surface area (Å²) in [6.45, 7) is 1.98. The van der Waals surface area contributed by atoms with Gasteiger partial charge in [-0.05, 0) is 18.2 Å². The third kappa shape index (κ3) is 2.17. The Morgan fingerprint density at radius 2 is 2.22 bits per heavy atom. The van der Waals surface area contributed by atoms with E-state index in [0.717, 1.165) is 17.7 Å².